The van der Waals surface area contributed by atoms with Crippen molar-refractivity contribution < 1.29 is 4.79 Å². The molecule has 1 amide bonds. The molecule has 0 saturated heterocycles. The standard InChI is InChI=1S/C11H17BrN4O/c1-4-5-13-11(17)7-16(3)10-6-9(12)14-8(2)15-10/h6H,4-5,7H2,1-3H3,(H,13,17). The number of likely N-dealkylation sites (N-methyl/N-ethyl adjacent to an activating group) is 1. The molecule has 1 aromatic heterocycles. The lowest BCUT2D eigenvalue weighted by atomic mass is 10.4. The van der Waals surface area contributed by atoms with E-state index in [9.17, 15) is 4.79 Å². The molecular formula is C11H17BrN4O. The van der Waals surface area contributed by atoms with Crippen molar-refractivity contribution in [3.63, 3.8) is 0 Å². The maximum Gasteiger partial charge on any atom is 0.239 e. The molecule has 17 heavy (non-hydrogen) atoms. The molecule has 1 rings (SSSR count). The van der Waals surface area contributed by atoms with Gasteiger partial charge in [-0.15, -0.1) is 0 Å². The minimum Gasteiger partial charge on any atom is -0.355 e. The van der Waals surface area contributed by atoms with Crippen LogP contribution < -0.4 is 10.2 Å². The Labute approximate surface area is 110 Å². The van der Waals surface area contributed by atoms with Gasteiger partial charge in [0.15, 0.2) is 0 Å². The predicted octanol–water partition coefficient (Wildman–Crippen LogP) is 1.51. The summed E-state index contributed by atoms with van der Waals surface area (Å²) in [5.41, 5.74) is 0. The lowest BCUT2D eigenvalue weighted by Crippen LogP contribution is -2.35. The number of carbonyl (C=O) groups excluding carboxylic acids is 1. The summed E-state index contributed by atoms with van der Waals surface area (Å²) in [4.78, 5) is 21.7. The SMILES string of the molecule is CCCNC(=O)CN(C)c1cc(Br)nc(C)n1. The highest BCUT2D eigenvalue weighted by Crippen LogP contribution is 2.14. The van der Waals surface area contributed by atoms with Crippen LogP contribution in [0.3, 0.4) is 0 Å². The van der Waals surface area contributed by atoms with E-state index in [2.05, 4.69) is 31.2 Å². The second-order valence-corrected chi connectivity index (χ2v) is 4.61. The second kappa shape index (κ2) is 6.54. The second-order valence-electron chi connectivity index (χ2n) is 3.80. The molecule has 0 unspecified atom stereocenters. The summed E-state index contributed by atoms with van der Waals surface area (Å²) in [6.45, 7) is 4.84. The minimum atomic E-state index is 0.00161. The van der Waals surface area contributed by atoms with Gasteiger partial charge in [0.25, 0.3) is 0 Å². The maximum atomic E-state index is 11.5. The van der Waals surface area contributed by atoms with E-state index in [4.69, 9.17) is 0 Å². The van der Waals surface area contributed by atoms with E-state index in [0.29, 0.717) is 18.9 Å². The first-order valence-corrected chi connectivity index (χ1v) is 6.31. The molecule has 0 radical (unpaired) electrons. The molecular weight excluding hydrogens is 284 g/mol. The smallest absolute Gasteiger partial charge is 0.239 e. The van der Waals surface area contributed by atoms with Gasteiger partial charge in [-0.3, -0.25) is 4.79 Å². The fraction of sp³-hybridized carbons (Fsp3) is 0.545. The van der Waals surface area contributed by atoms with Gasteiger partial charge in [-0.05, 0) is 29.3 Å². The molecule has 1 aromatic rings. The van der Waals surface area contributed by atoms with E-state index < -0.39 is 0 Å². The zero-order valence-electron chi connectivity index (χ0n) is 10.3. The average Bonchev–Trinajstić information content (AvgIpc) is 2.25. The van der Waals surface area contributed by atoms with Crippen LogP contribution in [0.25, 0.3) is 0 Å². The number of halogens is 1. The molecule has 5 nitrogen and oxygen atoms in total. The van der Waals surface area contributed by atoms with Crippen molar-refractivity contribution in [2.75, 3.05) is 25.0 Å². The molecule has 0 aliphatic heterocycles. The normalized spacial score (nSPS) is 10.1. The van der Waals surface area contributed by atoms with Gasteiger partial charge in [0.05, 0.1) is 6.54 Å². The Morgan fingerprint density at radius 2 is 2.24 bits per heavy atom. The van der Waals surface area contributed by atoms with Crippen LogP contribution in [0.15, 0.2) is 10.7 Å². The number of aryl methyl sites for hydroxylation is 1. The predicted molar refractivity (Wildman–Crippen MR) is 71.0 cm³/mol. The summed E-state index contributed by atoms with van der Waals surface area (Å²) in [6, 6.07) is 1.79. The van der Waals surface area contributed by atoms with Crippen LogP contribution in [0.4, 0.5) is 5.82 Å². The van der Waals surface area contributed by atoms with Gasteiger partial charge in [-0.1, -0.05) is 6.92 Å². The third-order valence-corrected chi connectivity index (χ3v) is 2.54. The average molecular weight is 301 g/mol. The Bertz CT molecular complexity index is 377. The first-order chi connectivity index (χ1) is 8.02. The first-order valence-electron chi connectivity index (χ1n) is 5.52. The topological polar surface area (TPSA) is 58.1 Å². The third kappa shape index (κ3) is 4.68. The fourth-order valence-electron chi connectivity index (χ4n) is 1.33. The molecule has 0 spiro atoms. The van der Waals surface area contributed by atoms with Crippen LogP contribution in [-0.2, 0) is 4.79 Å². The van der Waals surface area contributed by atoms with Crippen LogP contribution in [-0.4, -0.2) is 36.0 Å². The number of rotatable bonds is 5. The molecule has 0 atom stereocenters. The largest absolute Gasteiger partial charge is 0.355 e. The number of aromatic nitrogens is 2. The van der Waals surface area contributed by atoms with Crippen LogP contribution in [0, 0.1) is 6.92 Å². The maximum absolute atomic E-state index is 11.5. The zero-order chi connectivity index (χ0) is 12.8. The quantitative estimate of drug-likeness (QED) is 0.838. The number of hydrogen-bond donors (Lipinski definition) is 1. The van der Waals surface area contributed by atoms with Crippen LogP contribution in [0.1, 0.15) is 19.2 Å². The van der Waals surface area contributed by atoms with Crippen LogP contribution in [0.5, 0.6) is 0 Å². The summed E-state index contributed by atoms with van der Waals surface area (Å²) in [6.07, 6.45) is 0.938. The molecule has 6 heteroatoms. The van der Waals surface area contributed by atoms with Gasteiger partial charge in [0, 0.05) is 19.7 Å². The van der Waals surface area contributed by atoms with Crippen LogP contribution in [0.2, 0.25) is 0 Å². The summed E-state index contributed by atoms with van der Waals surface area (Å²) >= 11 is 3.31. The Kier molecular flexibility index (Phi) is 5.34. The number of nitrogens with one attached hydrogen (secondary N) is 1. The number of anilines is 1. The highest BCUT2D eigenvalue weighted by molar-refractivity contribution is 9.10. The van der Waals surface area contributed by atoms with Crippen molar-refractivity contribution in [2.45, 2.75) is 20.3 Å². The van der Waals surface area contributed by atoms with Crippen molar-refractivity contribution in [2.24, 2.45) is 0 Å². The van der Waals surface area contributed by atoms with Gasteiger partial charge >= 0.3 is 0 Å². The molecule has 1 heterocycles. The van der Waals surface area contributed by atoms with Gasteiger partial charge < -0.3 is 10.2 Å². The molecule has 1 N–H and O–H groups in total. The Balaban J connectivity index is 2.63. The van der Waals surface area contributed by atoms with Crippen molar-refractivity contribution >= 4 is 27.7 Å². The van der Waals surface area contributed by atoms with Crippen molar-refractivity contribution in [1.82, 2.24) is 15.3 Å². The highest BCUT2D eigenvalue weighted by Gasteiger charge is 2.09. The van der Waals surface area contributed by atoms with Gasteiger partial charge in [-0.25, -0.2) is 9.97 Å². The molecule has 0 aliphatic carbocycles. The van der Waals surface area contributed by atoms with Crippen molar-refractivity contribution in [1.29, 1.82) is 0 Å². The third-order valence-electron chi connectivity index (χ3n) is 2.14. The van der Waals surface area contributed by atoms with Crippen LogP contribution >= 0.6 is 15.9 Å². The number of amides is 1. The summed E-state index contributed by atoms with van der Waals surface area (Å²) < 4.78 is 0.723. The molecule has 94 valence electrons. The summed E-state index contributed by atoms with van der Waals surface area (Å²) in [5.74, 6) is 1.41. The van der Waals surface area contributed by atoms with E-state index in [0.717, 1.165) is 16.8 Å². The molecule has 0 saturated carbocycles. The lowest BCUT2D eigenvalue weighted by molar-refractivity contribution is -0.119. The lowest BCUT2D eigenvalue weighted by Gasteiger charge is -2.18. The molecule has 0 bridgehead atoms. The molecule has 0 aliphatic rings. The Morgan fingerprint density at radius 1 is 1.53 bits per heavy atom. The van der Waals surface area contributed by atoms with E-state index in [-0.39, 0.29) is 5.91 Å². The van der Waals surface area contributed by atoms with Gasteiger partial charge in [0.2, 0.25) is 5.91 Å². The van der Waals surface area contributed by atoms with E-state index >= 15 is 0 Å². The number of carbonyl (C=O) groups is 1. The van der Waals surface area contributed by atoms with E-state index in [1.54, 1.807) is 11.0 Å². The number of hydrogen-bond acceptors (Lipinski definition) is 4. The van der Waals surface area contributed by atoms with Gasteiger partial charge in [0.1, 0.15) is 16.2 Å². The van der Waals surface area contributed by atoms with Gasteiger partial charge in [-0.2, -0.15) is 0 Å². The number of nitrogens with zero attached hydrogens (tertiary/aromatic N) is 3. The first kappa shape index (κ1) is 13.9. The Hall–Kier alpha value is -1.17. The van der Waals surface area contributed by atoms with E-state index in [1.807, 2.05) is 20.9 Å². The molecule has 0 fully saturated rings. The zero-order valence-corrected chi connectivity index (χ0v) is 11.9. The summed E-state index contributed by atoms with van der Waals surface area (Å²) in [7, 11) is 1.83. The van der Waals surface area contributed by atoms with Crippen molar-refractivity contribution in [3.8, 4) is 0 Å². The summed E-state index contributed by atoms with van der Waals surface area (Å²) in [5, 5.41) is 2.83. The fourth-order valence-corrected chi connectivity index (χ4v) is 1.79. The minimum absolute atomic E-state index is 0.00161. The molecule has 0 aromatic carbocycles. The monoisotopic (exact) mass is 300 g/mol. The van der Waals surface area contributed by atoms with Crippen molar-refractivity contribution in [3.05, 3.63) is 16.5 Å². The Morgan fingerprint density at radius 3 is 2.82 bits per heavy atom. The van der Waals surface area contributed by atoms with E-state index in [1.165, 1.54) is 0 Å². The highest BCUT2D eigenvalue weighted by atomic mass is 79.9.